The SMILES string of the molecule is CCn1cc(N)c(=O)n(CCO)c1=O. The maximum atomic E-state index is 11.5. The molecule has 0 aliphatic heterocycles. The van der Waals surface area contributed by atoms with Gasteiger partial charge in [-0.2, -0.15) is 0 Å². The molecule has 1 heterocycles. The second-order valence-corrected chi connectivity index (χ2v) is 2.83. The molecular weight excluding hydrogens is 186 g/mol. The van der Waals surface area contributed by atoms with Crippen LogP contribution in [0.25, 0.3) is 0 Å². The summed E-state index contributed by atoms with van der Waals surface area (Å²) >= 11 is 0. The van der Waals surface area contributed by atoms with Crippen LogP contribution in [0.5, 0.6) is 0 Å². The zero-order chi connectivity index (χ0) is 10.7. The number of hydrogen-bond donors (Lipinski definition) is 2. The van der Waals surface area contributed by atoms with Gasteiger partial charge in [0.15, 0.2) is 0 Å². The third kappa shape index (κ3) is 1.69. The fourth-order valence-electron chi connectivity index (χ4n) is 1.20. The first-order valence-electron chi connectivity index (χ1n) is 4.32. The summed E-state index contributed by atoms with van der Waals surface area (Å²) in [5, 5.41) is 8.67. The van der Waals surface area contributed by atoms with E-state index in [1.165, 1.54) is 10.8 Å². The lowest BCUT2D eigenvalue weighted by molar-refractivity contribution is 0.270. The van der Waals surface area contributed by atoms with E-state index < -0.39 is 11.2 Å². The number of nitrogen functional groups attached to an aromatic ring is 1. The fraction of sp³-hybridized carbons (Fsp3) is 0.500. The number of nitrogens with zero attached hydrogens (tertiary/aromatic N) is 2. The Morgan fingerprint density at radius 3 is 2.64 bits per heavy atom. The molecule has 0 spiro atoms. The Labute approximate surface area is 80.2 Å². The Kier molecular flexibility index (Phi) is 3.08. The van der Waals surface area contributed by atoms with Crippen molar-refractivity contribution < 1.29 is 5.11 Å². The van der Waals surface area contributed by atoms with Gasteiger partial charge in [0.25, 0.3) is 5.56 Å². The van der Waals surface area contributed by atoms with Gasteiger partial charge in [-0.1, -0.05) is 0 Å². The number of aryl methyl sites for hydroxylation is 1. The normalized spacial score (nSPS) is 10.4. The Bertz CT molecular complexity index is 432. The van der Waals surface area contributed by atoms with Gasteiger partial charge < -0.3 is 10.8 Å². The quantitative estimate of drug-likeness (QED) is 0.626. The van der Waals surface area contributed by atoms with Gasteiger partial charge >= 0.3 is 5.69 Å². The predicted molar refractivity (Wildman–Crippen MR) is 52.1 cm³/mol. The molecule has 0 aliphatic rings. The van der Waals surface area contributed by atoms with Crippen LogP contribution in [0.15, 0.2) is 15.8 Å². The first-order chi connectivity index (χ1) is 6.61. The predicted octanol–water partition coefficient (Wildman–Crippen LogP) is -1.40. The second-order valence-electron chi connectivity index (χ2n) is 2.83. The number of nitrogens with two attached hydrogens (primary N) is 1. The minimum absolute atomic E-state index is 0.0138. The summed E-state index contributed by atoms with van der Waals surface area (Å²) in [6, 6.07) is 0. The highest BCUT2D eigenvalue weighted by Gasteiger charge is 2.07. The number of hydrogen-bond acceptors (Lipinski definition) is 4. The van der Waals surface area contributed by atoms with E-state index in [0.717, 1.165) is 4.57 Å². The zero-order valence-electron chi connectivity index (χ0n) is 7.93. The molecule has 3 N–H and O–H groups in total. The van der Waals surface area contributed by atoms with Crippen LogP contribution < -0.4 is 17.0 Å². The van der Waals surface area contributed by atoms with Crippen molar-refractivity contribution in [3.63, 3.8) is 0 Å². The van der Waals surface area contributed by atoms with E-state index in [1.807, 2.05) is 0 Å². The topological polar surface area (TPSA) is 90.2 Å². The summed E-state index contributed by atoms with van der Waals surface area (Å²) in [6.45, 7) is 1.92. The van der Waals surface area contributed by atoms with E-state index in [2.05, 4.69) is 0 Å². The van der Waals surface area contributed by atoms with Crippen molar-refractivity contribution in [1.82, 2.24) is 9.13 Å². The molecule has 0 atom stereocenters. The standard InChI is InChI=1S/C8H13N3O3/c1-2-10-5-6(9)7(13)11(3-4-12)8(10)14/h5,12H,2-4,9H2,1H3. The smallest absolute Gasteiger partial charge is 0.331 e. The van der Waals surface area contributed by atoms with Gasteiger partial charge in [-0.3, -0.25) is 13.9 Å². The molecule has 14 heavy (non-hydrogen) atoms. The van der Waals surface area contributed by atoms with Crippen LogP contribution in [0, 0.1) is 0 Å². The lowest BCUT2D eigenvalue weighted by Crippen LogP contribution is -2.41. The molecule has 0 amide bonds. The molecule has 1 aromatic heterocycles. The number of rotatable bonds is 3. The van der Waals surface area contributed by atoms with Crippen molar-refractivity contribution in [2.45, 2.75) is 20.0 Å². The number of aliphatic hydroxyl groups is 1. The average Bonchev–Trinajstić information content (AvgIpc) is 2.18. The summed E-state index contributed by atoms with van der Waals surface area (Å²) in [4.78, 5) is 22.9. The Balaban J connectivity index is 3.45. The molecule has 1 rings (SSSR count). The monoisotopic (exact) mass is 199 g/mol. The third-order valence-electron chi connectivity index (χ3n) is 1.93. The summed E-state index contributed by atoms with van der Waals surface area (Å²) in [5.74, 6) is 0. The maximum absolute atomic E-state index is 11.5. The van der Waals surface area contributed by atoms with Crippen LogP contribution in [-0.2, 0) is 13.1 Å². The summed E-state index contributed by atoms with van der Waals surface area (Å²) in [7, 11) is 0. The van der Waals surface area contributed by atoms with Gasteiger partial charge in [-0.25, -0.2) is 4.79 Å². The van der Waals surface area contributed by atoms with E-state index >= 15 is 0 Å². The number of aliphatic hydroxyl groups excluding tert-OH is 1. The largest absolute Gasteiger partial charge is 0.395 e. The zero-order valence-corrected chi connectivity index (χ0v) is 7.93. The van der Waals surface area contributed by atoms with E-state index in [0.29, 0.717) is 6.54 Å². The second kappa shape index (κ2) is 4.10. The van der Waals surface area contributed by atoms with E-state index in [1.54, 1.807) is 6.92 Å². The van der Waals surface area contributed by atoms with Crippen LogP contribution in [0.1, 0.15) is 6.92 Å². The van der Waals surface area contributed by atoms with Crippen LogP contribution in [0.2, 0.25) is 0 Å². The highest BCUT2D eigenvalue weighted by atomic mass is 16.3. The molecule has 78 valence electrons. The van der Waals surface area contributed by atoms with Crippen molar-refractivity contribution in [3.05, 3.63) is 27.0 Å². The fourth-order valence-corrected chi connectivity index (χ4v) is 1.20. The van der Waals surface area contributed by atoms with Crippen molar-refractivity contribution in [2.75, 3.05) is 12.3 Å². The van der Waals surface area contributed by atoms with Crippen molar-refractivity contribution in [3.8, 4) is 0 Å². The molecule has 0 unspecified atom stereocenters. The van der Waals surface area contributed by atoms with Crippen LogP contribution in [0.3, 0.4) is 0 Å². The molecule has 0 radical (unpaired) electrons. The Hall–Kier alpha value is -1.56. The van der Waals surface area contributed by atoms with Gasteiger partial charge in [-0.15, -0.1) is 0 Å². The summed E-state index contributed by atoms with van der Waals surface area (Å²) < 4.78 is 2.26. The van der Waals surface area contributed by atoms with E-state index in [-0.39, 0.29) is 18.8 Å². The summed E-state index contributed by atoms with van der Waals surface area (Å²) in [6.07, 6.45) is 1.32. The molecule has 0 bridgehead atoms. The maximum Gasteiger partial charge on any atom is 0.331 e. The Morgan fingerprint density at radius 1 is 1.50 bits per heavy atom. The molecule has 6 nitrogen and oxygen atoms in total. The molecule has 0 saturated carbocycles. The lowest BCUT2D eigenvalue weighted by atomic mass is 10.5. The van der Waals surface area contributed by atoms with Crippen molar-refractivity contribution in [1.29, 1.82) is 0 Å². The highest BCUT2D eigenvalue weighted by Crippen LogP contribution is 1.88. The van der Waals surface area contributed by atoms with Crippen LogP contribution >= 0.6 is 0 Å². The molecule has 0 aliphatic carbocycles. The molecule has 0 fully saturated rings. The number of aromatic nitrogens is 2. The van der Waals surface area contributed by atoms with Gasteiger partial charge in [0.2, 0.25) is 0 Å². The van der Waals surface area contributed by atoms with Crippen molar-refractivity contribution in [2.24, 2.45) is 0 Å². The first-order valence-corrected chi connectivity index (χ1v) is 4.32. The molecule has 0 aromatic carbocycles. The van der Waals surface area contributed by atoms with Gasteiger partial charge in [0.05, 0.1) is 13.2 Å². The van der Waals surface area contributed by atoms with Gasteiger partial charge in [0, 0.05) is 12.7 Å². The average molecular weight is 199 g/mol. The van der Waals surface area contributed by atoms with E-state index in [4.69, 9.17) is 10.8 Å². The van der Waals surface area contributed by atoms with Gasteiger partial charge in [0.1, 0.15) is 5.69 Å². The lowest BCUT2D eigenvalue weighted by Gasteiger charge is -2.08. The number of anilines is 1. The molecule has 6 heteroatoms. The van der Waals surface area contributed by atoms with Crippen molar-refractivity contribution >= 4 is 5.69 Å². The minimum atomic E-state index is -0.547. The summed E-state index contributed by atoms with van der Waals surface area (Å²) in [5.41, 5.74) is 4.44. The Morgan fingerprint density at radius 2 is 2.14 bits per heavy atom. The molecule has 0 saturated heterocycles. The van der Waals surface area contributed by atoms with E-state index in [9.17, 15) is 9.59 Å². The third-order valence-corrected chi connectivity index (χ3v) is 1.93. The highest BCUT2D eigenvalue weighted by molar-refractivity contribution is 5.30. The van der Waals surface area contributed by atoms with Crippen LogP contribution in [-0.4, -0.2) is 20.8 Å². The van der Waals surface area contributed by atoms with Crippen LogP contribution in [0.4, 0.5) is 5.69 Å². The minimum Gasteiger partial charge on any atom is -0.395 e. The first kappa shape index (κ1) is 10.5. The molecule has 1 aromatic rings. The van der Waals surface area contributed by atoms with Gasteiger partial charge in [-0.05, 0) is 6.92 Å². The molecular formula is C8H13N3O3.